The van der Waals surface area contributed by atoms with Crippen molar-refractivity contribution in [3.63, 3.8) is 0 Å². The molecule has 3 rings (SSSR count). The van der Waals surface area contributed by atoms with Gasteiger partial charge in [0.05, 0.1) is 11.9 Å². The summed E-state index contributed by atoms with van der Waals surface area (Å²) < 4.78 is 31.4. The van der Waals surface area contributed by atoms with Gasteiger partial charge in [-0.05, 0) is 47.9 Å². The van der Waals surface area contributed by atoms with Gasteiger partial charge in [-0.1, -0.05) is 54.6 Å². The van der Waals surface area contributed by atoms with Gasteiger partial charge in [0.25, 0.3) is 0 Å². The molecule has 31 heavy (non-hydrogen) atoms. The molecule has 0 saturated heterocycles. The second-order valence-electron chi connectivity index (χ2n) is 7.24. The highest BCUT2D eigenvalue weighted by Gasteiger charge is 2.21. The summed E-state index contributed by atoms with van der Waals surface area (Å²) in [5.41, 5.74) is 3.49. The highest BCUT2D eigenvalue weighted by Crippen LogP contribution is 2.22. The van der Waals surface area contributed by atoms with Crippen molar-refractivity contribution >= 4 is 21.6 Å². The van der Waals surface area contributed by atoms with Crippen LogP contribution in [-0.4, -0.2) is 27.1 Å². The molecular formula is C24H26N2O4S. The van der Waals surface area contributed by atoms with Crippen LogP contribution in [0.15, 0.2) is 78.9 Å². The monoisotopic (exact) mass is 438 g/mol. The fourth-order valence-corrected chi connectivity index (χ4v) is 3.89. The number of carbonyl (C=O) groups is 1. The summed E-state index contributed by atoms with van der Waals surface area (Å²) >= 11 is 0. The van der Waals surface area contributed by atoms with Crippen molar-refractivity contribution in [1.82, 2.24) is 5.32 Å². The zero-order chi connectivity index (χ0) is 22.3. The lowest BCUT2D eigenvalue weighted by molar-refractivity contribution is -0.119. The number of anilines is 1. The lowest BCUT2D eigenvalue weighted by Gasteiger charge is -2.22. The van der Waals surface area contributed by atoms with Crippen LogP contribution in [0.4, 0.5) is 5.69 Å². The van der Waals surface area contributed by atoms with E-state index < -0.39 is 10.0 Å². The average molecular weight is 439 g/mol. The third-order valence-corrected chi connectivity index (χ3v) is 5.94. The fourth-order valence-electron chi connectivity index (χ4n) is 3.04. The summed E-state index contributed by atoms with van der Waals surface area (Å²) in [7, 11) is -3.64. The molecule has 0 bridgehead atoms. The zero-order valence-corrected chi connectivity index (χ0v) is 18.4. The molecule has 1 amide bonds. The lowest BCUT2D eigenvalue weighted by Crippen LogP contribution is -2.40. The number of nitrogens with zero attached hydrogens (tertiary/aromatic N) is 1. The summed E-state index contributed by atoms with van der Waals surface area (Å²) in [4.78, 5) is 12.4. The van der Waals surface area contributed by atoms with E-state index in [9.17, 15) is 13.2 Å². The Morgan fingerprint density at radius 1 is 0.935 bits per heavy atom. The van der Waals surface area contributed by atoms with E-state index in [1.54, 1.807) is 24.3 Å². The molecule has 3 aromatic carbocycles. The van der Waals surface area contributed by atoms with Crippen LogP contribution in [0.5, 0.6) is 5.75 Å². The van der Waals surface area contributed by atoms with E-state index in [-0.39, 0.29) is 12.5 Å². The van der Waals surface area contributed by atoms with Gasteiger partial charge in [-0.25, -0.2) is 8.42 Å². The molecule has 0 unspecified atom stereocenters. The highest BCUT2D eigenvalue weighted by molar-refractivity contribution is 7.92. The van der Waals surface area contributed by atoms with E-state index in [1.165, 1.54) is 0 Å². The maximum atomic E-state index is 12.4. The van der Waals surface area contributed by atoms with E-state index >= 15 is 0 Å². The van der Waals surface area contributed by atoms with Crippen molar-refractivity contribution in [2.24, 2.45) is 0 Å². The number of nitrogens with one attached hydrogen (secondary N) is 1. The number of aryl methyl sites for hydroxylation is 1. The summed E-state index contributed by atoms with van der Waals surface area (Å²) in [6.07, 6.45) is 1.08. The molecule has 0 atom stereocenters. The Hall–Kier alpha value is -3.32. The van der Waals surface area contributed by atoms with Gasteiger partial charge in [0, 0.05) is 6.54 Å². The zero-order valence-electron chi connectivity index (χ0n) is 17.6. The fraction of sp³-hybridized carbons (Fsp3) is 0.208. The molecule has 0 spiro atoms. The number of ether oxygens (including phenoxy) is 1. The lowest BCUT2D eigenvalue weighted by atomic mass is 10.1. The van der Waals surface area contributed by atoms with E-state index in [0.29, 0.717) is 24.6 Å². The number of rotatable bonds is 9. The van der Waals surface area contributed by atoms with Crippen molar-refractivity contribution in [1.29, 1.82) is 0 Å². The maximum absolute atomic E-state index is 12.4. The van der Waals surface area contributed by atoms with Crippen molar-refractivity contribution in [3.8, 4) is 5.75 Å². The van der Waals surface area contributed by atoms with Crippen LogP contribution in [0.3, 0.4) is 0 Å². The van der Waals surface area contributed by atoms with Crippen LogP contribution >= 0.6 is 0 Å². The van der Waals surface area contributed by atoms with Gasteiger partial charge in [-0.3, -0.25) is 9.10 Å². The molecule has 3 aromatic rings. The van der Waals surface area contributed by atoms with Gasteiger partial charge in [0.2, 0.25) is 15.9 Å². The molecule has 0 heterocycles. The second-order valence-corrected chi connectivity index (χ2v) is 9.15. The van der Waals surface area contributed by atoms with Gasteiger partial charge in [-0.2, -0.15) is 0 Å². The van der Waals surface area contributed by atoms with Gasteiger partial charge in [-0.15, -0.1) is 0 Å². The predicted octanol–water partition coefficient (Wildman–Crippen LogP) is 3.66. The van der Waals surface area contributed by atoms with Crippen LogP contribution in [0.1, 0.15) is 16.7 Å². The van der Waals surface area contributed by atoms with Gasteiger partial charge < -0.3 is 10.1 Å². The third-order valence-electron chi connectivity index (χ3n) is 4.80. The van der Waals surface area contributed by atoms with Crippen LogP contribution in [0.25, 0.3) is 0 Å². The molecule has 0 aliphatic carbocycles. The summed E-state index contributed by atoms with van der Waals surface area (Å²) in [5.74, 6) is 0.239. The molecule has 0 aromatic heterocycles. The Kier molecular flexibility index (Phi) is 7.31. The summed E-state index contributed by atoms with van der Waals surface area (Å²) in [6.45, 7) is 2.42. The average Bonchev–Trinajstić information content (AvgIpc) is 2.76. The van der Waals surface area contributed by atoms with E-state index in [1.807, 2.05) is 61.5 Å². The Bertz CT molecular complexity index is 1110. The molecule has 0 saturated carbocycles. The molecule has 0 radical (unpaired) electrons. The maximum Gasteiger partial charge on any atom is 0.241 e. The Labute approximate surface area is 183 Å². The number of hydrogen-bond donors (Lipinski definition) is 1. The first-order valence-corrected chi connectivity index (χ1v) is 11.7. The predicted molar refractivity (Wildman–Crippen MR) is 122 cm³/mol. The molecule has 7 heteroatoms. The molecule has 0 fully saturated rings. The number of hydrogen-bond acceptors (Lipinski definition) is 4. The first-order chi connectivity index (χ1) is 14.8. The second kappa shape index (κ2) is 10.1. The topological polar surface area (TPSA) is 75.7 Å². The van der Waals surface area contributed by atoms with Crippen LogP contribution in [0.2, 0.25) is 0 Å². The molecule has 162 valence electrons. The summed E-state index contributed by atoms with van der Waals surface area (Å²) in [6, 6.07) is 24.1. The van der Waals surface area contributed by atoms with Crippen molar-refractivity contribution in [2.45, 2.75) is 20.1 Å². The Morgan fingerprint density at radius 2 is 1.58 bits per heavy atom. The van der Waals surface area contributed by atoms with Crippen LogP contribution < -0.4 is 14.4 Å². The number of sulfonamides is 1. The highest BCUT2D eigenvalue weighted by atomic mass is 32.2. The first kappa shape index (κ1) is 22.4. The minimum atomic E-state index is -3.64. The van der Waals surface area contributed by atoms with Crippen molar-refractivity contribution < 1.29 is 17.9 Å². The quantitative estimate of drug-likeness (QED) is 0.553. The number of benzene rings is 3. The smallest absolute Gasteiger partial charge is 0.241 e. The standard InChI is InChI=1S/C24H26N2O4S/c1-19-8-6-7-11-21(19)16-25-24(27)17-26(31(2,28)29)22-12-14-23(15-13-22)30-18-20-9-4-3-5-10-20/h3-15H,16-18H2,1-2H3,(H,25,27). The summed E-state index contributed by atoms with van der Waals surface area (Å²) in [5, 5.41) is 2.79. The van der Waals surface area contributed by atoms with E-state index in [2.05, 4.69) is 5.32 Å². The molecule has 0 aliphatic rings. The third kappa shape index (κ3) is 6.58. The molecule has 6 nitrogen and oxygen atoms in total. The largest absolute Gasteiger partial charge is 0.489 e. The van der Waals surface area contributed by atoms with Crippen LogP contribution in [-0.2, 0) is 28.0 Å². The van der Waals surface area contributed by atoms with Gasteiger partial charge in [0.1, 0.15) is 18.9 Å². The molecular weight excluding hydrogens is 412 g/mol. The minimum absolute atomic E-state index is 0.297. The Morgan fingerprint density at radius 3 is 2.23 bits per heavy atom. The van der Waals surface area contributed by atoms with Gasteiger partial charge in [0.15, 0.2) is 0 Å². The van der Waals surface area contributed by atoms with Crippen molar-refractivity contribution in [3.05, 3.63) is 95.6 Å². The van der Waals surface area contributed by atoms with E-state index in [0.717, 1.165) is 27.3 Å². The minimum Gasteiger partial charge on any atom is -0.489 e. The SMILES string of the molecule is Cc1ccccc1CNC(=O)CN(c1ccc(OCc2ccccc2)cc1)S(C)(=O)=O. The molecule has 0 aliphatic heterocycles. The first-order valence-electron chi connectivity index (χ1n) is 9.88. The van der Waals surface area contributed by atoms with Crippen LogP contribution in [0, 0.1) is 6.92 Å². The van der Waals surface area contributed by atoms with E-state index in [4.69, 9.17) is 4.74 Å². The molecule has 1 N–H and O–H groups in total. The normalized spacial score (nSPS) is 11.0. The Balaban J connectivity index is 1.63. The number of amides is 1. The van der Waals surface area contributed by atoms with Crippen molar-refractivity contribution in [2.75, 3.05) is 17.1 Å². The number of carbonyl (C=O) groups excluding carboxylic acids is 1. The van der Waals surface area contributed by atoms with Gasteiger partial charge >= 0.3 is 0 Å².